The van der Waals surface area contributed by atoms with E-state index in [0.29, 0.717) is 24.9 Å². The van der Waals surface area contributed by atoms with Crippen LogP contribution in [0.3, 0.4) is 0 Å². The lowest BCUT2D eigenvalue weighted by Gasteiger charge is -2.16. The smallest absolute Gasteiger partial charge is 0.233 e. The van der Waals surface area contributed by atoms with Gasteiger partial charge in [0.1, 0.15) is 0 Å². The number of anilines is 2. The molecular weight excluding hydrogens is 358 g/mol. The summed E-state index contributed by atoms with van der Waals surface area (Å²) in [5, 5.41) is 2.78. The molecule has 1 aromatic carbocycles. The predicted octanol–water partition coefficient (Wildman–Crippen LogP) is 2.09. The molecule has 1 aromatic rings. The first-order chi connectivity index (χ1) is 13.5. The van der Waals surface area contributed by atoms with Crippen LogP contribution in [-0.4, -0.2) is 41.6 Å². The van der Waals surface area contributed by atoms with E-state index >= 15 is 0 Å². The second-order valence-corrected chi connectivity index (χ2v) is 7.48. The number of benzene rings is 1. The standard InChI is InChI=1S/C21H23N3O4/c25-18(11-13-24-20(27)16-4-1-2-5-17(16)21(24)28)22-14-7-9-15(10-8-14)23-12-3-6-19(23)26/h1-2,7-10,16-17H,3-6,11-13H2,(H,22,25)/t16-,17-/m0/s1. The van der Waals surface area contributed by atoms with Crippen molar-refractivity contribution in [3.63, 3.8) is 0 Å². The molecule has 4 rings (SSSR count). The Bertz CT molecular complexity index is 820. The molecule has 146 valence electrons. The van der Waals surface area contributed by atoms with Crippen molar-refractivity contribution in [1.29, 1.82) is 0 Å². The molecule has 2 heterocycles. The van der Waals surface area contributed by atoms with Crippen LogP contribution in [0.25, 0.3) is 0 Å². The van der Waals surface area contributed by atoms with Gasteiger partial charge in [-0.2, -0.15) is 0 Å². The molecule has 2 aliphatic heterocycles. The zero-order valence-corrected chi connectivity index (χ0v) is 15.6. The number of hydrogen-bond donors (Lipinski definition) is 1. The van der Waals surface area contributed by atoms with Gasteiger partial charge in [0.05, 0.1) is 11.8 Å². The highest BCUT2D eigenvalue weighted by Gasteiger charge is 2.46. The number of amides is 4. The highest BCUT2D eigenvalue weighted by Crippen LogP contribution is 2.35. The SMILES string of the molecule is O=C(CCN1C(=O)[C@H]2CC=CC[C@@H]2C1=O)Nc1ccc(N2CCCC2=O)cc1. The first kappa shape index (κ1) is 18.4. The number of rotatable bonds is 5. The van der Waals surface area contributed by atoms with Crippen molar-refractivity contribution >= 4 is 35.0 Å². The van der Waals surface area contributed by atoms with E-state index in [0.717, 1.165) is 18.7 Å². The highest BCUT2D eigenvalue weighted by atomic mass is 16.2. The minimum Gasteiger partial charge on any atom is -0.326 e. The monoisotopic (exact) mass is 381 g/mol. The highest BCUT2D eigenvalue weighted by molar-refractivity contribution is 6.06. The van der Waals surface area contributed by atoms with Crippen molar-refractivity contribution in [2.75, 3.05) is 23.3 Å². The normalized spacial score (nSPS) is 24.1. The second-order valence-electron chi connectivity index (χ2n) is 7.48. The van der Waals surface area contributed by atoms with Gasteiger partial charge in [-0.1, -0.05) is 12.2 Å². The van der Waals surface area contributed by atoms with Crippen LogP contribution in [0.2, 0.25) is 0 Å². The largest absolute Gasteiger partial charge is 0.326 e. The molecule has 2 saturated heterocycles. The van der Waals surface area contributed by atoms with Gasteiger partial charge in [0.2, 0.25) is 23.6 Å². The summed E-state index contributed by atoms with van der Waals surface area (Å²) in [7, 11) is 0. The molecule has 0 bridgehead atoms. The average Bonchev–Trinajstić information content (AvgIpc) is 3.23. The maximum Gasteiger partial charge on any atom is 0.233 e. The van der Waals surface area contributed by atoms with E-state index in [4.69, 9.17) is 0 Å². The Morgan fingerprint density at radius 2 is 1.64 bits per heavy atom. The maximum atomic E-state index is 12.4. The van der Waals surface area contributed by atoms with E-state index in [9.17, 15) is 19.2 Å². The van der Waals surface area contributed by atoms with Crippen molar-refractivity contribution < 1.29 is 19.2 Å². The first-order valence-electron chi connectivity index (χ1n) is 9.75. The Kier molecular flexibility index (Phi) is 4.98. The molecule has 0 unspecified atom stereocenters. The van der Waals surface area contributed by atoms with Crippen LogP contribution in [0, 0.1) is 11.8 Å². The van der Waals surface area contributed by atoms with Crippen LogP contribution < -0.4 is 10.2 Å². The number of fused-ring (bicyclic) bond motifs is 1. The number of carbonyl (C=O) groups excluding carboxylic acids is 4. The molecule has 0 saturated carbocycles. The Balaban J connectivity index is 1.31. The van der Waals surface area contributed by atoms with Gasteiger partial charge in [0.15, 0.2) is 0 Å². The molecule has 28 heavy (non-hydrogen) atoms. The van der Waals surface area contributed by atoms with Crippen LogP contribution in [0.15, 0.2) is 36.4 Å². The van der Waals surface area contributed by atoms with Gasteiger partial charge in [0.25, 0.3) is 0 Å². The summed E-state index contributed by atoms with van der Waals surface area (Å²) in [5.74, 6) is -0.979. The van der Waals surface area contributed by atoms with Crippen LogP contribution in [-0.2, 0) is 19.2 Å². The third kappa shape index (κ3) is 3.44. The zero-order valence-electron chi connectivity index (χ0n) is 15.6. The van der Waals surface area contributed by atoms with Crippen LogP contribution in [0.1, 0.15) is 32.1 Å². The van der Waals surface area contributed by atoms with Gasteiger partial charge in [-0.15, -0.1) is 0 Å². The number of carbonyl (C=O) groups is 4. The van der Waals surface area contributed by atoms with Gasteiger partial charge < -0.3 is 10.2 Å². The molecule has 2 fully saturated rings. The number of nitrogens with one attached hydrogen (secondary N) is 1. The third-order valence-electron chi connectivity index (χ3n) is 5.70. The Labute approximate surface area is 163 Å². The zero-order chi connectivity index (χ0) is 19.7. The van der Waals surface area contributed by atoms with Crippen molar-refractivity contribution in [3.8, 4) is 0 Å². The summed E-state index contributed by atoms with van der Waals surface area (Å²) in [6.07, 6.45) is 6.60. The summed E-state index contributed by atoms with van der Waals surface area (Å²) >= 11 is 0. The summed E-state index contributed by atoms with van der Waals surface area (Å²) in [6.45, 7) is 0.830. The van der Waals surface area contributed by atoms with Crippen molar-refractivity contribution in [2.24, 2.45) is 11.8 Å². The molecule has 0 aromatic heterocycles. The summed E-state index contributed by atoms with van der Waals surface area (Å²) in [5.41, 5.74) is 1.45. The molecule has 4 amide bonds. The Morgan fingerprint density at radius 1 is 1.00 bits per heavy atom. The summed E-state index contributed by atoms with van der Waals surface area (Å²) in [4.78, 5) is 51.9. The molecule has 7 heteroatoms. The summed E-state index contributed by atoms with van der Waals surface area (Å²) in [6, 6.07) is 7.13. The van der Waals surface area contributed by atoms with E-state index in [1.165, 1.54) is 4.90 Å². The molecule has 3 aliphatic rings. The fourth-order valence-corrected chi connectivity index (χ4v) is 4.17. The number of nitrogens with zero attached hydrogens (tertiary/aromatic N) is 2. The maximum absolute atomic E-state index is 12.4. The number of allylic oxidation sites excluding steroid dienone is 2. The van der Waals surface area contributed by atoms with Gasteiger partial charge in [0, 0.05) is 37.3 Å². The van der Waals surface area contributed by atoms with Crippen LogP contribution in [0.5, 0.6) is 0 Å². The molecular formula is C21H23N3O4. The number of hydrogen-bond acceptors (Lipinski definition) is 4. The Hall–Kier alpha value is -2.96. The van der Waals surface area contributed by atoms with Crippen LogP contribution >= 0.6 is 0 Å². The van der Waals surface area contributed by atoms with Crippen molar-refractivity contribution in [2.45, 2.75) is 32.1 Å². The van der Waals surface area contributed by atoms with Gasteiger partial charge in [-0.25, -0.2) is 0 Å². The Morgan fingerprint density at radius 3 is 2.21 bits per heavy atom. The van der Waals surface area contributed by atoms with E-state index in [1.807, 2.05) is 24.3 Å². The van der Waals surface area contributed by atoms with Gasteiger partial charge in [-0.05, 0) is 43.5 Å². The lowest BCUT2D eigenvalue weighted by atomic mass is 9.85. The lowest BCUT2D eigenvalue weighted by molar-refractivity contribution is -0.140. The van der Waals surface area contributed by atoms with E-state index < -0.39 is 0 Å². The number of likely N-dealkylation sites (tertiary alicyclic amines) is 1. The average molecular weight is 381 g/mol. The topological polar surface area (TPSA) is 86.8 Å². The van der Waals surface area contributed by atoms with Crippen LogP contribution in [0.4, 0.5) is 11.4 Å². The minimum atomic E-state index is -0.263. The van der Waals surface area contributed by atoms with Crippen molar-refractivity contribution in [1.82, 2.24) is 4.90 Å². The molecule has 1 N–H and O–H groups in total. The van der Waals surface area contributed by atoms with E-state index in [-0.39, 0.29) is 48.4 Å². The first-order valence-corrected chi connectivity index (χ1v) is 9.75. The fourth-order valence-electron chi connectivity index (χ4n) is 4.17. The minimum absolute atomic E-state index is 0.0662. The lowest BCUT2D eigenvalue weighted by Crippen LogP contribution is -2.34. The third-order valence-corrected chi connectivity index (χ3v) is 5.70. The second kappa shape index (κ2) is 7.58. The molecule has 7 nitrogen and oxygen atoms in total. The summed E-state index contributed by atoms with van der Waals surface area (Å²) < 4.78 is 0. The van der Waals surface area contributed by atoms with E-state index in [1.54, 1.807) is 17.0 Å². The molecule has 2 atom stereocenters. The van der Waals surface area contributed by atoms with E-state index in [2.05, 4.69) is 5.32 Å². The van der Waals surface area contributed by atoms with Crippen molar-refractivity contribution in [3.05, 3.63) is 36.4 Å². The molecule has 0 radical (unpaired) electrons. The number of imide groups is 1. The van der Waals surface area contributed by atoms with Gasteiger partial charge in [-0.3, -0.25) is 24.1 Å². The quantitative estimate of drug-likeness (QED) is 0.625. The van der Waals surface area contributed by atoms with Gasteiger partial charge >= 0.3 is 0 Å². The molecule has 1 aliphatic carbocycles. The predicted molar refractivity (Wildman–Crippen MR) is 103 cm³/mol. The fraction of sp³-hybridized carbons (Fsp3) is 0.429. The molecule has 0 spiro atoms.